The van der Waals surface area contributed by atoms with Crippen LogP contribution in [0.1, 0.15) is 36.2 Å². The van der Waals surface area contributed by atoms with Crippen molar-refractivity contribution >= 4 is 11.7 Å². The van der Waals surface area contributed by atoms with Gasteiger partial charge in [-0.25, -0.2) is 9.97 Å². The van der Waals surface area contributed by atoms with Crippen molar-refractivity contribution in [2.24, 2.45) is 0 Å². The van der Waals surface area contributed by atoms with Crippen LogP contribution in [0.25, 0.3) is 0 Å². The number of hydrogen-bond donors (Lipinski definition) is 1. The Hall–Kier alpha value is -1.65. The first kappa shape index (κ1) is 10.5. The van der Waals surface area contributed by atoms with Gasteiger partial charge in [-0.15, -0.1) is 0 Å². The van der Waals surface area contributed by atoms with Crippen LogP contribution < -0.4 is 5.32 Å². The normalized spacial score (nSPS) is 19.4. The van der Waals surface area contributed by atoms with Crippen LogP contribution in [0.15, 0.2) is 12.4 Å². The van der Waals surface area contributed by atoms with E-state index in [1.54, 1.807) is 6.07 Å². The fraction of sp³-hybridized carbons (Fsp3) is 0.583. The minimum Gasteiger partial charge on any atom is -0.367 e. The molecule has 1 saturated carbocycles. The zero-order chi connectivity index (χ0) is 11.7. The molecule has 0 unspecified atom stereocenters. The molecule has 1 aliphatic carbocycles. The Bertz CT molecular complexity index is 424. The lowest BCUT2D eigenvalue weighted by atomic mass is 10.3. The van der Waals surface area contributed by atoms with Crippen LogP contribution in [0.4, 0.5) is 5.82 Å². The second-order valence-corrected chi connectivity index (χ2v) is 4.71. The Kier molecular flexibility index (Phi) is 2.66. The van der Waals surface area contributed by atoms with Crippen LogP contribution in [-0.2, 0) is 0 Å². The van der Waals surface area contributed by atoms with Crippen molar-refractivity contribution in [1.29, 1.82) is 0 Å². The molecule has 17 heavy (non-hydrogen) atoms. The molecule has 0 aromatic carbocycles. The minimum atomic E-state index is 0.0312. The Morgan fingerprint density at radius 1 is 1.29 bits per heavy atom. The largest absolute Gasteiger partial charge is 0.367 e. The third-order valence-electron chi connectivity index (χ3n) is 3.21. The van der Waals surface area contributed by atoms with Crippen LogP contribution in [0.3, 0.4) is 0 Å². The van der Waals surface area contributed by atoms with Gasteiger partial charge in [-0.1, -0.05) is 0 Å². The average Bonchev–Trinajstić information content (AvgIpc) is 2.99. The van der Waals surface area contributed by atoms with E-state index >= 15 is 0 Å². The number of hydrogen-bond acceptors (Lipinski definition) is 4. The first-order valence-corrected chi connectivity index (χ1v) is 6.21. The monoisotopic (exact) mass is 232 g/mol. The summed E-state index contributed by atoms with van der Waals surface area (Å²) in [5.74, 6) is 0.800. The van der Waals surface area contributed by atoms with Gasteiger partial charge in [0.2, 0.25) is 0 Å². The summed E-state index contributed by atoms with van der Waals surface area (Å²) >= 11 is 0. The predicted molar refractivity (Wildman–Crippen MR) is 63.8 cm³/mol. The molecule has 3 rings (SSSR count). The van der Waals surface area contributed by atoms with Crippen molar-refractivity contribution in [2.45, 2.75) is 31.7 Å². The number of nitrogens with zero attached hydrogens (tertiary/aromatic N) is 3. The van der Waals surface area contributed by atoms with E-state index in [9.17, 15) is 4.79 Å². The van der Waals surface area contributed by atoms with Crippen molar-refractivity contribution in [2.75, 3.05) is 18.4 Å². The van der Waals surface area contributed by atoms with Gasteiger partial charge in [0, 0.05) is 25.2 Å². The Balaban J connectivity index is 1.74. The topological polar surface area (TPSA) is 58.1 Å². The van der Waals surface area contributed by atoms with E-state index in [4.69, 9.17) is 0 Å². The van der Waals surface area contributed by atoms with Gasteiger partial charge in [-0.2, -0.15) is 0 Å². The van der Waals surface area contributed by atoms with Crippen LogP contribution >= 0.6 is 0 Å². The van der Waals surface area contributed by atoms with Crippen molar-refractivity contribution in [3.63, 3.8) is 0 Å². The lowest BCUT2D eigenvalue weighted by Gasteiger charge is -2.14. The fourth-order valence-electron chi connectivity index (χ4n) is 2.07. The molecule has 2 heterocycles. The molecular formula is C12H16N4O. The van der Waals surface area contributed by atoms with Gasteiger partial charge in [0.15, 0.2) is 0 Å². The van der Waals surface area contributed by atoms with Gasteiger partial charge in [-0.3, -0.25) is 4.79 Å². The quantitative estimate of drug-likeness (QED) is 0.853. The highest BCUT2D eigenvalue weighted by atomic mass is 16.2. The highest BCUT2D eigenvalue weighted by Gasteiger charge is 2.23. The van der Waals surface area contributed by atoms with Gasteiger partial charge in [0.25, 0.3) is 5.91 Å². The molecule has 0 bridgehead atoms. The summed E-state index contributed by atoms with van der Waals surface area (Å²) in [4.78, 5) is 22.2. The molecule has 0 atom stereocenters. The second kappa shape index (κ2) is 4.31. The van der Waals surface area contributed by atoms with Gasteiger partial charge in [-0.05, 0) is 25.7 Å². The third-order valence-corrected chi connectivity index (χ3v) is 3.21. The predicted octanol–water partition coefficient (Wildman–Crippen LogP) is 1.29. The van der Waals surface area contributed by atoms with E-state index < -0.39 is 0 Å². The number of carbonyl (C=O) groups is 1. The molecule has 1 N–H and O–H groups in total. The second-order valence-electron chi connectivity index (χ2n) is 4.71. The van der Waals surface area contributed by atoms with Gasteiger partial charge < -0.3 is 10.2 Å². The summed E-state index contributed by atoms with van der Waals surface area (Å²) in [5, 5.41) is 3.28. The van der Waals surface area contributed by atoms with Crippen molar-refractivity contribution in [3.05, 3.63) is 18.1 Å². The first-order valence-electron chi connectivity index (χ1n) is 6.21. The lowest BCUT2D eigenvalue weighted by Crippen LogP contribution is -2.28. The molecule has 1 aliphatic heterocycles. The summed E-state index contributed by atoms with van der Waals surface area (Å²) in [6.07, 6.45) is 6.06. The standard InChI is InChI=1S/C12H16N4O/c17-12(16-5-1-2-6-16)10-7-11(14-8-13-10)15-9-3-4-9/h7-9H,1-6H2,(H,13,14,15). The third kappa shape index (κ3) is 2.38. The first-order chi connectivity index (χ1) is 8.33. The number of carbonyl (C=O) groups excluding carboxylic acids is 1. The number of amides is 1. The number of nitrogens with one attached hydrogen (secondary N) is 1. The van der Waals surface area contributed by atoms with Crippen LogP contribution in [0.2, 0.25) is 0 Å². The Labute approximate surface area is 100 Å². The zero-order valence-electron chi connectivity index (χ0n) is 9.72. The Morgan fingerprint density at radius 2 is 2.06 bits per heavy atom. The molecule has 1 aromatic heterocycles. The number of likely N-dealkylation sites (tertiary alicyclic amines) is 1. The maximum atomic E-state index is 12.1. The van der Waals surface area contributed by atoms with Gasteiger partial charge in [0.1, 0.15) is 17.8 Å². The maximum absolute atomic E-state index is 12.1. The number of aromatic nitrogens is 2. The lowest BCUT2D eigenvalue weighted by molar-refractivity contribution is 0.0787. The number of rotatable bonds is 3. The molecule has 90 valence electrons. The molecule has 5 nitrogen and oxygen atoms in total. The molecule has 0 spiro atoms. The molecule has 2 fully saturated rings. The van der Waals surface area contributed by atoms with Crippen LogP contribution in [-0.4, -0.2) is 39.9 Å². The van der Waals surface area contributed by atoms with Crippen molar-refractivity contribution in [1.82, 2.24) is 14.9 Å². The summed E-state index contributed by atoms with van der Waals surface area (Å²) in [5.41, 5.74) is 0.505. The van der Waals surface area contributed by atoms with Crippen LogP contribution in [0, 0.1) is 0 Å². The SMILES string of the molecule is O=C(c1cc(NC2CC2)ncn1)N1CCCC1. The smallest absolute Gasteiger partial charge is 0.272 e. The van der Waals surface area contributed by atoms with Crippen molar-refractivity contribution in [3.8, 4) is 0 Å². The van der Waals surface area contributed by atoms with Crippen LogP contribution in [0.5, 0.6) is 0 Å². The average molecular weight is 232 g/mol. The summed E-state index contributed by atoms with van der Waals surface area (Å²) in [6, 6.07) is 2.30. The van der Waals surface area contributed by atoms with Crippen molar-refractivity contribution < 1.29 is 4.79 Å². The molecule has 1 aromatic rings. The molecule has 1 amide bonds. The van der Waals surface area contributed by atoms with Gasteiger partial charge >= 0.3 is 0 Å². The number of anilines is 1. The highest BCUT2D eigenvalue weighted by molar-refractivity contribution is 5.93. The Morgan fingerprint density at radius 3 is 2.76 bits per heavy atom. The molecule has 1 saturated heterocycles. The molecule has 2 aliphatic rings. The summed E-state index contributed by atoms with van der Waals surface area (Å²) < 4.78 is 0. The van der Waals surface area contributed by atoms with E-state index in [0.717, 1.165) is 31.7 Å². The zero-order valence-corrected chi connectivity index (χ0v) is 9.72. The summed E-state index contributed by atoms with van der Waals surface area (Å²) in [7, 11) is 0. The van der Waals surface area contributed by atoms with E-state index in [-0.39, 0.29) is 5.91 Å². The minimum absolute atomic E-state index is 0.0312. The van der Waals surface area contributed by atoms with E-state index in [1.165, 1.54) is 19.2 Å². The molecule has 5 heteroatoms. The summed E-state index contributed by atoms with van der Waals surface area (Å²) in [6.45, 7) is 1.71. The maximum Gasteiger partial charge on any atom is 0.272 e. The van der Waals surface area contributed by atoms with E-state index in [1.807, 2.05) is 4.90 Å². The van der Waals surface area contributed by atoms with E-state index in [0.29, 0.717) is 11.7 Å². The van der Waals surface area contributed by atoms with Gasteiger partial charge in [0.05, 0.1) is 0 Å². The molecular weight excluding hydrogens is 216 g/mol. The highest BCUT2D eigenvalue weighted by Crippen LogP contribution is 2.23. The fourth-order valence-corrected chi connectivity index (χ4v) is 2.07. The molecule has 0 radical (unpaired) electrons. The van der Waals surface area contributed by atoms with E-state index in [2.05, 4.69) is 15.3 Å².